The number of aromatic carboxylic acids is 1. The van der Waals surface area contributed by atoms with Gasteiger partial charge in [-0.05, 0) is 182 Å². The Bertz CT molecular complexity index is 5360. The number of methoxy groups -OCH3 is 2. The molecule has 117 heavy (non-hydrogen) atoms. The molecule has 37 heteroatoms. The average Bonchev–Trinajstić information content (AvgIpc) is 1.28. The maximum atomic E-state index is 12.2. The number of nitrogens with zero attached hydrogens (tertiary/aromatic N) is 22. The summed E-state index contributed by atoms with van der Waals surface area (Å²) in [6, 6.07) is 19.7. The van der Waals surface area contributed by atoms with E-state index in [1.165, 1.54) is 77.8 Å². The van der Waals surface area contributed by atoms with Crippen molar-refractivity contribution >= 4 is 75.9 Å². The van der Waals surface area contributed by atoms with Crippen LogP contribution in [0.3, 0.4) is 0 Å². The standard InChI is InChI=1S/C21H21N7O.C18H18N6O2.C17H16N6O2.C12H10ClN3O2.C6H9N3.C4H7N.2CH4.Li.2H2O/c1-13(8-22)7-19(29)18-6-3-15(10-23-18)20-14(2)9-24-21(27-20)26-16-11-25-28(12-16)17-4-5-17;1-11-7-20-18(22-13-9-21-24(10-13)14-4-5-14)23-16(11)12-3-6-15(19-8-12)17(25)26-2;1-10-6-19-17(21-12-8-20-23(9-12)13-3-4-13)22-15(10)11-2-5-14(16(24)25)18-7-11;1-7-5-15-12(13)16-10(7)8-3-4-9(14-6-8)11(17)18-2;7-5-3-8-9(4-5)6-1-2-6;1-4(2)3-5;;;;;/h3,6,9-13,17H,4-5,7H2,1-2H3,(H,24,26,27);3,6-10,14H,4-5H2,1-2H3,(H,20,22,23);2,5-9,13H,3-4H2,1H3,(H,24,25)(H,19,21,22);3-6H,1-2H3;3-4,6H,1-2,7H2;4H,1-2H3;2*1H4;;2*1H2/q;;;;;;;;+1;;/p-1/t13-;;;;;;;;;;/m1........../s1. The number of nitrogen functional groups attached to an aromatic ring is 1. The first-order valence-electron chi connectivity index (χ1n) is 35.8. The van der Waals surface area contributed by atoms with E-state index in [9.17, 15) is 19.2 Å². The number of hydrogen-bond acceptors (Lipinski definition) is 29. The van der Waals surface area contributed by atoms with Crippen LogP contribution in [0.15, 0.2) is 148 Å². The van der Waals surface area contributed by atoms with Crippen LogP contribution in [-0.2, 0) is 9.47 Å². The van der Waals surface area contributed by atoms with Gasteiger partial charge >= 0.3 is 36.8 Å². The van der Waals surface area contributed by atoms with Gasteiger partial charge in [-0.2, -0.15) is 30.9 Å². The fourth-order valence-electron chi connectivity index (χ4n) is 10.5. The number of carboxylic acid groups (broad SMARTS) is 1. The molecule has 35 nitrogen and oxygen atoms in total. The van der Waals surface area contributed by atoms with Crippen LogP contribution in [0.5, 0.6) is 0 Å². The first kappa shape index (κ1) is 92.7. The predicted molar refractivity (Wildman–Crippen MR) is 434 cm³/mol. The van der Waals surface area contributed by atoms with Crippen molar-refractivity contribution in [3.63, 3.8) is 0 Å². The van der Waals surface area contributed by atoms with E-state index in [1.807, 2.05) is 97.2 Å². The third-order valence-corrected chi connectivity index (χ3v) is 17.3. The molecule has 4 aliphatic rings. The first-order valence-corrected chi connectivity index (χ1v) is 36.2. The van der Waals surface area contributed by atoms with Crippen LogP contribution >= 0.6 is 11.6 Å². The molecule has 12 aromatic rings. The number of pyridine rings is 4. The number of rotatable bonds is 20. The van der Waals surface area contributed by atoms with Crippen molar-refractivity contribution < 1.29 is 63.6 Å². The number of nitrogens with two attached hydrogens (primary N) is 1. The van der Waals surface area contributed by atoms with Crippen LogP contribution in [0.25, 0.3) is 45.0 Å². The number of Topliss-reactive ketones (excluding diaryl/α,β-unsaturated/α-hetero) is 1. The number of ketones is 1. The Balaban J connectivity index is 0.000000228. The van der Waals surface area contributed by atoms with Gasteiger partial charge in [-0.1, -0.05) is 14.9 Å². The maximum absolute atomic E-state index is 12.2. The second kappa shape index (κ2) is 43.4. The molecule has 0 saturated heterocycles. The topological polar surface area (TPSA) is 504 Å². The third-order valence-electron chi connectivity index (χ3n) is 17.1. The van der Waals surface area contributed by atoms with Crippen LogP contribution in [0.1, 0.15) is 182 Å². The van der Waals surface area contributed by atoms with Crippen molar-refractivity contribution in [3.05, 3.63) is 198 Å². The molecule has 0 spiro atoms. The monoisotopic (exact) mass is 1600 g/mol. The van der Waals surface area contributed by atoms with Crippen LogP contribution in [0.2, 0.25) is 5.28 Å². The molecule has 4 aliphatic carbocycles. The molecule has 16 rings (SSSR count). The van der Waals surface area contributed by atoms with Crippen molar-refractivity contribution in [1.29, 1.82) is 10.5 Å². The van der Waals surface area contributed by atoms with Gasteiger partial charge in [-0.25, -0.2) is 69.2 Å². The number of aromatic nitrogens is 20. The molecule has 0 unspecified atom stereocenters. The molecule has 4 saturated carbocycles. The van der Waals surface area contributed by atoms with Crippen LogP contribution < -0.4 is 40.5 Å². The Morgan fingerprint density at radius 2 is 0.786 bits per heavy atom. The van der Waals surface area contributed by atoms with Crippen LogP contribution in [-0.4, -0.2) is 153 Å². The van der Waals surface area contributed by atoms with Gasteiger partial charge in [0.25, 0.3) is 0 Å². The third kappa shape index (κ3) is 26.4. The molecule has 0 amide bonds. The van der Waals surface area contributed by atoms with Gasteiger partial charge in [-0.15, -0.1) is 0 Å². The minimum atomic E-state index is -1.05. The molecule has 0 aromatic carbocycles. The zero-order chi connectivity index (χ0) is 79.5. The Kier molecular flexibility index (Phi) is 34.3. The van der Waals surface area contributed by atoms with E-state index in [4.69, 9.17) is 33.0 Å². The summed E-state index contributed by atoms with van der Waals surface area (Å²) in [6.07, 6.45) is 37.7. The van der Waals surface area contributed by atoms with Crippen molar-refractivity contribution in [3.8, 4) is 57.2 Å². The van der Waals surface area contributed by atoms with Crippen molar-refractivity contribution in [1.82, 2.24) is 98.9 Å². The van der Waals surface area contributed by atoms with E-state index < -0.39 is 17.9 Å². The largest absolute Gasteiger partial charge is 1.00 e. The van der Waals surface area contributed by atoms with Gasteiger partial charge in [0.1, 0.15) is 22.8 Å². The number of aryl methyl sites for hydroxylation is 4. The Morgan fingerprint density at radius 1 is 0.479 bits per heavy atom. The van der Waals surface area contributed by atoms with Gasteiger partial charge in [0.2, 0.25) is 23.1 Å². The molecule has 1 atom stereocenters. The maximum Gasteiger partial charge on any atom is 1.00 e. The summed E-state index contributed by atoms with van der Waals surface area (Å²) in [4.78, 5) is 97.0. The SMILES string of the molecule is C.C.CC(C)C#N.COC(=O)c1ccc(-c2nc(Cl)ncc2C)cn1.COC(=O)c1ccc(-c2nc(Nc3cnn(C4CC4)c3)ncc2C)cn1.Cc1cnc(Nc2cnn(C3CC3)c2)nc1-c1ccc(C(=O)C[C@@H](C)C#N)nc1.Cc1cnc(Nc2cnn(C3CC3)c2)nc1-c1ccc(C(=O)O)nc1.Nc1cnn(C2CC2)c1.O.[Li+].[OH-]. The summed E-state index contributed by atoms with van der Waals surface area (Å²) in [5, 5.41) is 52.5. The molecule has 0 bridgehead atoms. The van der Waals surface area contributed by atoms with Gasteiger partial charge in [0, 0.05) is 109 Å². The smallest absolute Gasteiger partial charge is 0.870 e. The van der Waals surface area contributed by atoms with E-state index in [-0.39, 0.29) is 91.1 Å². The number of carboxylic acids is 1. The summed E-state index contributed by atoms with van der Waals surface area (Å²) in [6.45, 7) is 13.1. The van der Waals surface area contributed by atoms with Gasteiger partial charge in [-0.3, -0.25) is 28.5 Å². The summed E-state index contributed by atoms with van der Waals surface area (Å²) in [5.41, 5.74) is 19.2. The van der Waals surface area contributed by atoms with E-state index in [0.29, 0.717) is 59.1 Å². The minimum Gasteiger partial charge on any atom is -0.870 e. The van der Waals surface area contributed by atoms with E-state index in [2.05, 4.69) is 112 Å². The number of hydrogen-bond donors (Lipinski definition) is 5. The van der Waals surface area contributed by atoms with Gasteiger partial charge in [0.15, 0.2) is 5.78 Å². The van der Waals surface area contributed by atoms with E-state index >= 15 is 0 Å². The molecule has 0 aliphatic heterocycles. The zero-order valence-corrected chi connectivity index (χ0v) is 65.6. The Labute approximate surface area is 693 Å². The fourth-order valence-corrected chi connectivity index (χ4v) is 10.6. The summed E-state index contributed by atoms with van der Waals surface area (Å²) < 4.78 is 17.1. The Morgan fingerprint density at radius 3 is 1.07 bits per heavy atom. The molecular formula is C80H92ClLiN26O9. The minimum absolute atomic E-state index is 0. The molecule has 604 valence electrons. The van der Waals surface area contributed by atoms with Crippen molar-refractivity contribution in [2.45, 2.75) is 145 Å². The fraction of sp³-hybridized carbons (Fsp3) is 0.325. The molecule has 4 fully saturated rings. The summed E-state index contributed by atoms with van der Waals surface area (Å²) >= 11 is 5.75. The van der Waals surface area contributed by atoms with Crippen LogP contribution in [0.4, 0.5) is 40.6 Å². The summed E-state index contributed by atoms with van der Waals surface area (Å²) in [7, 11) is 2.64. The zero-order valence-electron chi connectivity index (χ0n) is 64.8. The normalized spacial score (nSPS) is 12.7. The molecule has 12 aromatic heterocycles. The number of esters is 2. The van der Waals surface area contributed by atoms with E-state index in [1.54, 1.807) is 111 Å². The molecule has 0 radical (unpaired) electrons. The quantitative estimate of drug-likeness (QED) is 0.0205. The van der Waals surface area contributed by atoms with Crippen molar-refractivity contribution in [2.75, 3.05) is 35.9 Å². The average molecular weight is 1600 g/mol. The molecule has 12 heterocycles. The first-order chi connectivity index (χ1) is 54.0. The molecule has 9 N–H and O–H groups in total. The number of carbonyl (C=O) groups excluding carboxylic acids is 3. The number of anilines is 7. The summed E-state index contributed by atoms with van der Waals surface area (Å²) in [5.74, 6) is -0.854. The second-order valence-corrected chi connectivity index (χ2v) is 27.3. The van der Waals surface area contributed by atoms with Crippen molar-refractivity contribution in [2.24, 2.45) is 11.8 Å². The predicted octanol–water partition coefficient (Wildman–Crippen LogP) is 11.1. The van der Waals surface area contributed by atoms with Crippen LogP contribution in [0, 0.1) is 62.2 Å². The van der Waals surface area contributed by atoms with Gasteiger partial charge in [0.05, 0.1) is 127 Å². The second-order valence-electron chi connectivity index (χ2n) is 27.0. The van der Waals surface area contributed by atoms with E-state index in [0.717, 1.165) is 78.6 Å². The number of ether oxygens (including phenoxy) is 2. The number of nitriles is 2. The number of halogens is 1. The molecular weight excluding hydrogens is 1510 g/mol. The van der Waals surface area contributed by atoms with Gasteiger partial charge < -0.3 is 47.2 Å². The number of nitrogens with one attached hydrogen (secondary N) is 3. The Hall–Kier alpha value is -13.2. The number of carbonyl (C=O) groups is 4.